The third kappa shape index (κ3) is 3.06. The molecule has 3 nitrogen and oxygen atoms in total. The highest BCUT2D eigenvalue weighted by Crippen LogP contribution is 2.29. The number of methoxy groups -OCH3 is 1. The quantitative estimate of drug-likeness (QED) is 0.941. The van der Waals surface area contributed by atoms with Crippen LogP contribution in [0.5, 0.6) is 5.75 Å². The van der Waals surface area contributed by atoms with E-state index in [1.807, 2.05) is 0 Å². The normalized spacial score (nSPS) is 15.8. The fraction of sp³-hybridized carbons (Fsp3) is 0.375. The zero-order chi connectivity index (χ0) is 13.1. The number of fused-ring (bicyclic) bond motifs is 1. The summed E-state index contributed by atoms with van der Waals surface area (Å²) in [7, 11) is 1.76. The van der Waals surface area contributed by atoms with Crippen molar-refractivity contribution in [2.24, 2.45) is 0 Å². The highest BCUT2D eigenvalue weighted by Gasteiger charge is 2.14. The van der Waals surface area contributed by atoms with Crippen molar-refractivity contribution < 1.29 is 4.74 Å². The summed E-state index contributed by atoms with van der Waals surface area (Å²) in [6.07, 6.45) is 0. The molecule has 2 aromatic carbocycles. The van der Waals surface area contributed by atoms with Crippen LogP contribution < -0.4 is 10.1 Å². The van der Waals surface area contributed by atoms with Gasteiger partial charge in [-0.15, -0.1) is 12.4 Å². The Morgan fingerprint density at radius 1 is 1.10 bits per heavy atom. The number of nitrogens with one attached hydrogen (secondary N) is 1. The molecule has 2 aromatic rings. The van der Waals surface area contributed by atoms with Crippen LogP contribution in [0.15, 0.2) is 36.4 Å². The number of ether oxygens (including phenoxy) is 1. The van der Waals surface area contributed by atoms with Crippen LogP contribution in [0.3, 0.4) is 0 Å². The summed E-state index contributed by atoms with van der Waals surface area (Å²) in [5, 5.41) is 5.98. The van der Waals surface area contributed by atoms with Gasteiger partial charge in [-0.3, -0.25) is 4.90 Å². The maximum Gasteiger partial charge on any atom is 0.123 e. The zero-order valence-electron chi connectivity index (χ0n) is 11.8. The van der Waals surface area contributed by atoms with Gasteiger partial charge in [0, 0.05) is 38.3 Å². The van der Waals surface area contributed by atoms with Crippen LogP contribution in [0.4, 0.5) is 0 Å². The van der Waals surface area contributed by atoms with Gasteiger partial charge in [-0.05, 0) is 16.8 Å². The van der Waals surface area contributed by atoms with Gasteiger partial charge >= 0.3 is 0 Å². The lowest BCUT2D eigenvalue weighted by atomic mass is 10.0. The Balaban J connectivity index is 0.00000147. The topological polar surface area (TPSA) is 24.5 Å². The van der Waals surface area contributed by atoms with E-state index in [0.717, 1.165) is 38.5 Å². The summed E-state index contributed by atoms with van der Waals surface area (Å²) in [5.74, 6) is 0.997. The second-order valence-corrected chi connectivity index (χ2v) is 4.99. The van der Waals surface area contributed by atoms with E-state index in [9.17, 15) is 0 Å². The minimum atomic E-state index is 0. The molecule has 4 heteroatoms. The Hall–Kier alpha value is -1.29. The Bertz CT molecular complexity index is 567. The fourth-order valence-electron chi connectivity index (χ4n) is 2.76. The van der Waals surface area contributed by atoms with E-state index in [4.69, 9.17) is 4.74 Å². The molecule has 1 fully saturated rings. The Labute approximate surface area is 126 Å². The van der Waals surface area contributed by atoms with Crippen LogP contribution in [0.2, 0.25) is 0 Å². The smallest absolute Gasteiger partial charge is 0.123 e. The minimum Gasteiger partial charge on any atom is -0.496 e. The predicted molar refractivity (Wildman–Crippen MR) is 85.9 cm³/mol. The molecule has 0 radical (unpaired) electrons. The maximum absolute atomic E-state index is 5.55. The molecule has 0 saturated carbocycles. The molecule has 0 bridgehead atoms. The average Bonchev–Trinajstić information content (AvgIpc) is 2.49. The summed E-state index contributed by atoms with van der Waals surface area (Å²) < 4.78 is 5.55. The first-order chi connectivity index (χ1) is 9.38. The number of nitrogens with zero attached hydrogens (tertiary/aromatic N) is 1. The summed E-state index contributed by atoms with van der Waals surface area (Å²) in [6, 6.07) is 12.8. The van der Waals surface area contributed by atoms with Gasteiger partial charge in [0.15, 0.2) is 0 Å². The van der Waals surface area contributed by atoms with Crippen molar-refractivity contribution >= 4 is 23.2 Å². The van der Waals surface area contributed by atoms with Crippen molar-refractivity contribution in [1.29, 1.82) is 0 Å². The monoisotopic (exact) mass is 292 g/mol. The van der Waals surface area contributed by atoms with Crippen LogP contribution in [0.1, 0.15) is 5.56 Å². The number of halogens is 1. The van der Waals surface area contributed by atoms with E-state index in [-0.39, 0.29) is 12.4 Å². The van der Waals surface area contributed by atoms with E-state index in [2.05, 4.69) is 46.6 Å². The molecule has 20 heavy (non-hydrogen) atoms. The fourth-order valence-corrected chi connectivity index (χ4v) is 2.76. The predicted octanol–water partition coefficient (Wildman–Crippen LogP) is 2.68. The highest BCUT2D eigenvalue weighted by molar-refractivity contribution is 5.87. The van der Waals surface area contributed by atoms with Gasteiger partial charge in [-0.25, -0.2) is 0 Å². The molecule has 0 unspecified atom stereocenters. The second kappa shape index (κ2) is 6.93. The molecule has 0 atom stereocenters. The lowest BCUT2D eigenvalue weighted by molar-refractivity contribution is 0.231. The molecule has 1 heterocycles. The molecule has 0 spiro atoms. The van der Waals surface area contributed by atoms with Crippen molar-refractivity contribution in [3.8, 4) is 5.75 Å². The van der Waals surface area contributed by atoms with Gasteiger partial charge in [0.05, 0.1) is 7.11 Å². The highest BCUT2D eigenvalue weighted by atomic mass is 35.5. The van der Waals surface area contributed by atoms with Crippen molar-refractivity contribution in [3.05, 3.63) is 42.0 Å². The third-order valence-corrected chi connectivity index (χ3v) is 3.81. The lowest BCUT2D eigenvalue weighted by Gasteiger charge is -2.28. The SMILES string of the molecule is COc1ccc2ccccc2c1CN1CCNCC1.Cl. The number of hydrogen-bond acceptors (Lipinski definition) is 3. The minimum absolute atomic E-state index is 0. The van der Waals surface area contributed by atoms with E-state index in [1.54, 1.807) is 7.11 Å². The van der Waals surface area contributed by atoms with Gasteiger partial charge in [0.25, 0.3) is 0 Å². The molecule has 0 aromatic heterocycles. The molecule has 0 aliphatic carbocycles. The summed E-state index contributed by atoms with van der Waals surface area (Å²) in [6.45, 7) is 5.32. The third-order valence-electron chi connectivity index (χ3n) is 3.81. The van der Waals surface area contributed by atoms with Crippen molar-refractivity contribution in [2.75, 3.05) is 33.3 Å². The molecule has 3 rings (SSSR count). The van der Waals surface area contributed by atoms with Crippen molar-refractivity contribution in [3.63, 3.8) is 0 Å². The molecule has 1 saturated heterocycles. The van der Waals surface area contributed by atoms with E-state index < -0.39 is 0 Å². The summed E-state index contributed by atoms with van der Waals surface area (Å²) >= 11 is 0. The first-order valence-electron chi connectivity index (χ1n) is 6.86. The molecular formula is C16H21ClN2O. The van der Waals surface area contributed by atoms with E-state index in [1.165, 1.54) is 16.3 Å². The van der Waals surface area contributed by atoms with Gasteiger partial charge in [-0.2, -0.15) is 0 Å². The average molecular weight is 293 g/mol. The Morgan fingerprint density at radius 2 is 1.85 bits per heavy atom. The van der Waals surface area contributed by atoms with Gasteiger partial charge in [0.1, 0.15) is 5.75 Å². The molecule has 1 aliphatic rings. The van der Waals surface area contributed by atoms with Crippen LogP contribution in [-0.4, -0.2) is 38.2 Å². The van der Waals surface area contributed by atoms with Crippen LogP contribution in [-0.2, 0) is 6.54 Å². The Kier molecular flexibility index (Phi) is 5.24. The van der Waals surface area contributed by atoms with Crippen LogP contribution in [0, 0.1) is 0 Å². The number of piperazine rings is 1. The number of benzene rings is 2. The lowest BCUT2D eigenvalue weighted by Crippen LogP contribution is -2.42. The zero-order valence-corrected chi connectivity index (χ0v) is 12.6. The van der Waals surface area contributed by atoms with Gasteiger partial charge in [0.2, 0.25) is 0 Å². The largest absolute Gasteiger partial charge is 0.496 e. The summed E-state index contributed by atoms with van der Waals surface area (Å²) in [4.78, 5) is 2.49. The van der Waals surface area contributed by atoms with Crippen molar-refractivity contribution in [2.45, 2.75) is 6.54 Å². The molecule has 108 valence electrons. The van der Waals surface area contributed by atoms with Crippen molar-refractivity contribution in [1.82, 2.24) is 10.2 Å². The van der Waals surface area contributed by atoms with Crippen LogP contribution in [0.25, 0.3) is 10.8 Å². The van der Waals surface area contributed by atoms with Gasteiger partial charge < -0.3 is 10.1 Å². The maximum atomic E-state index is 5.55. The number of rotatable bonds is 3. The second-order valence-electron chi connectivity index (χ2n) is 4.99. The van der Waals surface area contributed by atoms with E-state index >= 15 is 0 Å². The van der Waals surface area contributed by atoms with E-state index in [0.29, 0.717) is 0 Å². The first kappa shape index (κ1) is 15.1. The molecule has 0 amide bonds. The number of hydrogen-bond donors (Lipinski definition) is 1. The summed E-state index contributed by atoms with van der Waals surface area (Å²) in [5.41, 5.74) is 1.31. The molecule has 1 N–H and O–H groups in total. The molecular weight excluding hydrogens is 272 g/mol. The Morgan fingerprint density at radius 3 is 2.60 bits per heavy atom. The van der Waals surface area contributed by atoms with Crippen LogP contribution >= 0.6 is 12.4 Å². The standard InChI is InChI=1S/C16H20N2O.ClH/c1-19-16-7-6-13-4-2-3-5-14(13)15(16)12-18-10-8-17-9-11-18;/h2-7,17H,8-12H2,1H3;1H. The first-order valence-corrected chi connectivity index (χ1v) is 6.86. The molecule has 1 aliphatic heterocycles. The van der Waals surface area contributed by atoms with Gasteiger partial charge in [-0.1, -0.05) is 30.3 Å².